The first kappa shape index (κ1) is 33.7. The van der Waals surface area contributed by atoms with Crippen LogP contribution in [0, 0.1) is 0 Å². The average Bonchev–Trinajstić information content (AvgIpc) is 3.00. The van der Waals surface area contributed by atoms with Gasteiger partial charge in [0.15, 0.2) is 0 Å². The van der Waals surface area contributed by atoms with E-state index in [1.165, 1.54) is 5.01 Å². The number of ether oxygens (including phenoxy) is 1. The highest BCUT2D eigenvalue weighted by Gasteiger charge is 2.38. The van der Waals surface area contributed by atoms with Crippen LogP contribution in [0.2, 0.25) is 5.02 Å². The van der Waals surface area contributed by atoms with Crippen molar-refractivity contribution in [2.24, 2.45) is 5.84 Å². The Labute approximate surface area is 266 Å². The topological polar surface area (TPSA) is 96.1 Å². The molecule has 3 N–H and O–H groups in total. The molecule has 4 rings (SSSR count). The Balaban J connectivity index is 1.47. The van der Waals surface area contributed by atoms with Gasteiger partial charge in [0.05, 0.1) is 18.6 Å². The summed E-state index contributed by atoms with van der Waals surface area (Å²) in [6, 6.07) is 27.9. The fourth-order valence-electron chi connectivity index (χ4n) is 6.16. The minimum Gasteiger partial charge on any atom is -0.460 e. The predicted molar refractivity (Wildman–Crippen MR) is 175 cm³/mol. The number of piperidine rings is 1. The summed E-state index contributed by atoms with van der Waals surface area (Å²) in [5.41, 5.74) is 1.06. The van der Waals surface area contributed by atoms with Crippen LogP contribution in [-0.2, 0) is 25.3 Å². The van der Waals surface area contributed by atoms with Crippen molar-refractivity contribution in [2.75, 3.05) is 26.2 Å². The van der Waals surface area contributed by atoms with Gasteiger partial charge in [0.25, 0.3) is 0 Å². The van der Waals surface area contributed by atoms with Crippen LogP contribution in [0.25, 0.3) is 0 Å². The number of carbonyl (C=O) groups excluding carboxylic acids is 2. The number of amides is 1. The highest BCUT2D eigenvalue weighted by molar-refractivity contribution is 6.30. The van der Waals surface area contributed by atoms with Crippen LogP contribution in [0.3, 0.4) is 0 Å². The molecule has 0 aliphatic carbocycles. The summed E-state index contributed by atoms with van der Waals surface area (Å²) in [6.07, 6.45) is 2.88. The molecule has 1 saturated heterocycles. The summed E-state index contributed by atoms with van der Waals surface area (Å²) in [5, 5.41) is 13.3. The van der Waals surface area contributed by atoms with Gasteiger partial charge in [0, 0.05) is 29.9 Å². The Hall–Kier alpha value is -3.23. The highest BCUT2D eigenvalue weighted by atomic mass is 35.5. The number of benzene rings is 3. The molecule has 7 nitrogen and oxygen atoms in total. The molecule has 236 valence electrons. The fraction of sp³-hybridized carbons (Fsp3) is 0.444. The minimum atomic E-state index is -0.849. The van der Waals surface area contributed by atoms with Gasteiger partial charge in [-0.25, -0.2) is 5.84 Å². The number of hydrazine groups is 1. The van der Waals surface area contributed by atoms with Crippen molar-refractivity contribution in [1.29, 1.82) is 0 Å². The Kier molecular flexibility index (Phi) is 11.2. The molecule has 3 aromatic carbocycles. The zero-order chi connectivity index (χ0) is 31.8. The molecule has 1 aliphatic heterocycles. The van der Waals surface area contributed by atoms with Gasteiger partial charge >= 0.3 is 5.97 Å². The molecule has 8 heteroatoms. The van der Waals surface area contributed by atoms with E-state index in [9.17, 15) is 14.7 Å². The van der Waals surface area contributed by atoms with Gasteiger partial charge in [-0.15, -0.1) is 0 Å². The second-order valence-corrected chi connectivity index (χ2v) is 13.3. The third-order valence-corrected chi connectivity index (χ3v) is 8.77. The molecule has 0 radical (unpaired) electrons. The molecule has 0 saturated carbocycles. The Bertz CT molecular complexity index is 1310. The molecule has 0 aromatic heterocycles. The number of hydrogen-bond acceptors (Lipinski definition) is 6. The molecule has 1 fully saturated rings. The number of nitrogens with zero attached hydrogens (tertiary/aromatic N) is 2. The normalized spacial score (nSPS) is 15.5. The lowest BCUT2D eigenvalue weighted by molar-refractivity contribution is -0.156. The van der Waals surface area contributed by atoms with E-state index in [0.717, 1.165) is 49.2 Å². The Morgan fingerprint density at radius 2 is 1.45 bits per heavy atom. The van der Waals surface area contributed by atoms with Crippen molar-refractivity contribution in [2.45, 2.75) is 75.9 Å². The first-order valence-corrected chi connectivity index (χ1v) is 15.9. The molecule has 3 aromatic rings. The van der Waals surface area contributed by atoms with Gasteiger partial charge in [-0.05, 0) is 81.8 Å². The maximum atomic E-state index is 13.2. The minimum absolute atomic E-state index is 0.0185. The first-order valence-electron chi connectivity index (χ1n) is 15.5. The average molecular weight is 620 g/mol. The molecular formula is C36H46ClN3O4. The van der Waals surface area contributed by atoms with Crippen LogP contribution in [0.15, 0.2) is 84.9 Å². The number of hydrogen-bond donors (Lipinski definition) is 2. The summed E-state index contributed by atoms with van der Waals surface area (Å²) in [5.74, 6) is 5.77. The van der Waals surface area contributed by atoms with Crippen LogP contribution in [0.5, 0.6) is 0 Å². The van der Waals surface area contributed by atoms with E-state index >= 15 is 0 Å². The summed E-state index contributed by atoms with van der Waals surface area (Å²) in [4.78, 5) is 27.9. The van der Waals surface area contributed by atoms with Crippen LogP contribution in [0.4, 0.5) is 0 Å². The second kappa shape index (κ2) is 14.7. The second-order valence-electron chi connectivity index (χ2n) is 12.9. The lowest BCUT2D eigenvalue weighted by Gasteiger charge is -2.40. The van der Waals surface area contributed by atoms with Gasteiger partial charge in [0.1, 0.15) is 5.60 Å². The van der Waals surface area contributed by atoms with E-state index in [1.807, 2.05) is 60.7 Å². The molecule has 0 bridgehead atoms. The van der Waals surface area contributed by atoms with E-state index in [-0.39, 0.29) is 25.3 Å². The van der Waals surface area contributed by atoms with Gasteiger partial charge in [-0.1, -0.05) is 84.4 Å². The summed E-state index contributed by atoms with van der Waals surface area (Å²) < 4.78 is 5.38. The largest absolute Gasteiger partial charge is 0.460 e. The molecule has 0 atom stereocenters. The first-order chi connectivity index (χ1) is 20.9. The van der Waals surface area contributed by atoms with Crippen molar-refractivity contribution in [3.63, 3.8) is 0 Å². The van der Waals surface area contributed by atoms with Crippen LogP contribution in [-0.4, -0.2) is 58.7 Å². The van der Waals surface area contributed by atoms with Crippen molar-refractivity contribution < 1.29 is 19.4 Å². The van der Waals surface area contributed by atoms with Gasteiger partial charge < -0.3 is 14.7 Å². The molecule has 44 heavy (non-hydrogen) atoms. The number of halogens is 1. The van der Waals surface area contributed by atoms with Gasteiger partial charge in [-0.3, -0.25) is 14.6 Å². The van der Waals surface area contributed by atoms with Crippen LogP contribution in [0.1, 0.15) is 76.0 Å². The third kappa shape index (κ3) is 8.91. The van der Waals surface area contributed by atoms with Gasteiger partial charge in [0.2, 0.25) is 5.91 Å². The van der Waals surface area contributed by atoms with E-state index in [0.29, 0.717) is 17.9 Å². The number of aliphatic hydroxyl groups is 1. The highest BCUT2D eigenvalue weighted by Crippen LogP contribution is 2.39. The fourth-order valence-corrected chi connectivity index (χ4v) is 6.28. The Morgan fingerprint density at radius 3 is 1.98 bits per heavy atom. The number of esters is 1. The van der Waals surface area contributed by atoms with E-state index < -0.39 is 22.6 Å². The molecule has 1 aliphatic rings. The smallest absolute Gasteiger partial charge is 0.306 e. The molecule has 0 spiro atoms. The van der Waals surface area contributed by atoms with E-state index in [2.05, 4.69) is 29.2 Å². The van der Waals surface area contributed by atoms with Crippen molar-refractivity contribution in [3.05, 3.63) is 107 Å². The molecular weight excluding hydrogens is 574 g/mol. The van der Waals surface area contributed by atoms with E-state index in [1.54, 1.807) is 20.8 Å². The van der Waals surface area contributed by atoms with Gasteiger partial charge in [-0.2, -0.15) is 0 Å². The SMILES string of the molecule is CC(C)(C)OC(=O)CCC(=O)N(N)CC(CCCN1CCC(O)(c2ccc(Cl)cc2)CC1)(c1ccccc1)c1ccccc1. The lowest BCUT2D eigenvalue weighted by Crippen LogP contribution is -2.49. The van der Waals surface area contributed by atoms with Crippen molar-refractivity contribution >= 4 is 23.5 Å². The standard InChI is InChI=1S/C36H46ClN3O4/c1-34(2,3)44-33(42)20-19-32(41)40(38)27-35(28-11-6-4-7-12-28,29-13-8-5-9-14-29)21-10-24-39-25-22-36(43,23-26-39)30-15-17-31(37)18-16-30/h4-9,11-18,43H,10,19-27,38H2,1-3H3. The van der Waals surface area contributed by atoms with Crippen LogP contribution < -0.4 is 5.84 Å². The zero-order valence-electron chi connectivity index (χ0n) is 26.2. The quantitative estimate of drug-likeness (QED) is 0.108. The summed E-state index contributed by atoms with van der Waals surface area (Å²) in [6.45, 7) is 8.11. The summed E-state index contributed by atoms with van der Waals surface area (Å²) >= 11 is 6.06. The van der Waals surface area contributed by atoms with E-state index in [4.69, 9.17) is 22.2 Å². The Morgan fingerprint density at radius 1 is 0.909 bits per heavy atom. The number of carbonyl (C=O) groups is 2. The van der Waals surface area contributed by atoms with Crippen LogP contribution >= 0.6 is 11.6 Å². The molecule has 1 amide bonds. The maximum absolute atomic E-state index is 13.2. The zero-order valence-corrected chi connectivity index (χ0v) is 26.9. The van der Waals surface area contributed by atoms with Crippen molar-refractivity contribution in [1.82, 2.24) is 9.91 Å². The number of nitrogens with two attached hydrogens (primary N) is 1. The monoisotopic (exact) mass is 619 g/mol. The van der Waals surface area contributed by atoms with Crippen molar-refractivity contribution in [3.8, 4) is 0 Å². The molecule has 1 heterocycles. The molecule has 0 unspecified atom stereocenters. The number of rotatable bonds is 12. The third-order valence-electron chi connectivity index (χ3n) is 8.52. The lowest BCUT2D eigenvalue weighted by atomic mass is 9.71. The predicted octanol–water partition coefficient (Wildman–Crippen LogP) is 6.21. The summed E-state index contributed by atoms with van der Waals surface area (Å²) in [7, 11) is 0. The maximum Gasteiger partial charge on any atom is 0.306 e. The number of likely N-dealkylation sites (tertiary alicyclic amines) is 1.